The minimum atomic E-state index is -0.177. The standard InChI is InChI=1S/C22H23NO4/c1-4-26-21-13-18-10-14(2)27-22(18)12-17(21)8-9-20(25)16-6-5-7-19(11-16)23-15(3)24/h5-9,11-14H,4,10H2,1-3H3,(H,23,24)/b9-8+/t14-/m1/s1. The Morgan fingerprint density at radius 1 is 1.30 bits per heavy atom. The number of benzene rings is 2. The molecule has 0 unspecified atom stereocenters. The highest BCUT2D eigenvalue weighted by molar-refractivity contribution is 6.07. The van der Waals surface area contributed by atoms with Gasteiger partial charge in [0.1, 0.15) is 17.6 Å². The van der Waals surface area contributed by atoms with Gasteiger partial charge in [-0.05, 0) is 50.3 Å². The number of ether oxygens (including phenoxy) is 2. The van der Waals surface area contributed by atoms with Crippen molar-refractivity contribution in [2.45, 2.75) is 33.3 Å². The van der Waals surface area contributed by atoms with Crippen molar-refractivity contribution in [3.63, 3.8) is 0 Å². The van der Waals surface area contributed by atoms with Crippen molar-refractivity contribution in [1.29, 1.82) is 0 Å². The van der Waals surface area contributed by atoms with Gasteiger partial charge in [0.15, 0.2) is 5.78 Å². The predicted molar refractivity (Wildman–Crippen MR) is 106 cm³/mol. The van der Waals surface area contributed by atoms with Gasteiger partial charge in [-0.15, -0.1) is 0 Å². The van der Waals surface area contributed by atoms with Gasteiger partial charge in [0.05, 0.1) is 6.61 Å². The zero-order valence-electron chi connectivity index (χ0n) is 15.7. The fourth-order valence-electron chi connectivity index (χ4n) is 3.08. The molecular weight excluding hydrogens is 342 g/mol. The number of anilines is 1. The van der Waals surface area contributed by atoms with Crippen LogP contribution in [-0.2, 0) is 11.2 Å². The molecule has 2 aromatic rings. The average molecular weight is 365 g/mol. The molecule has 0 saturated carbocycles. The zero-order valence-corrected chi connectivity index (χ0v) is 15.7. The fraction of sp³-hybridized carbons (Fsp3) is 0.273. The molecule has 1 heterocycles. The maximum Gasteiger partial charge on any atom is 0.221 e. The van der Waals surface area contributed by atoms with Crippen molar-refractivity contribution in [3.05, 3.63) is 59.2 Å². The number of amides is 1. The third-order valence-corrected chi connectivity index (χ3v) is 4.21. The van der Waals surface area contributed by atoms with E-state index in [-0.39, 0.29) is 17.8 Å². The number of nitrogens with one attached hydrogen (secondary N) is 1. The largest absolute Gasteiger partial charge is 0.493 e. The number of carbonyl (C=O) groups excluding carboxylic acids is 2. The van der Waals surface area contributed by atoms with Crippen molar-refractivity contribution in [3.8, 4) is 11.5 Å². The van der Waals surface area contributed by atoms with Crippen LogP contribution in [0.2, 0.25) is 0 Å². The van der Waals surface area contributed by atoms with E-state index in [4.69, 9.17) is 9.47 Å². The Labute approximate surface area is 159 Å². The molecule has 140 valence electrons. The molecule has 0 saturated heterocycles. The number of fused-ring (bicyclic) bond motifs is 1. The van der Waals surface area contributed by atoms with Crippen molar-refractivity contribution in [2.24, 2.45) is 0 Å². The Balaban J connectivity index is 1.84. The minimum Gasteiger partial charge on any atom is -0.493 e. The quantitative estimate of drug-likeness (QED) is 0.613. The molecule has 5 nitrogen and oxygen atoms in total. The summed E-state index contributed by atoms with van der Waals surface area (Å²) in [5, 5.41) is 2.68. The molecule has 1 aliphatic heterocycles. The summed E-state index contributed by atoms with van der Waals surface area (Å²) in [6.45, 7) is 5.93. The fourth-order valence-corrected chi connectivity index (χ4v) is 3.08. The first kappa shape index (κ1) is 18.7. The molecule has 1 atom stereocenters. The number of carbonyl (C=O) groups is 2. The molecule has 0 aromatic heterocycles. The summed E-state index contributed by atoms with van der Waals surface area (Å²) >= 11 is 0. The second-order valence-corrected chi connectivity index (χ2v) is 6.52. The summed E-state index contributed by atoms with van der Waals surface area (Å²) in [5.74, 6) is 1.25. The molecule has 2 aromatic carbocycles. The van der Waals surface area contributed by atoms with E-state index in [0.717, 1.165) is 29.0 Å². The lowest BCUT2D eigenvalue weighted by Gasteiger charge is -2.10. The van der Waals surface area contributed by atoms with Gasteiger partial charge >= 0.3 is 0 Å². The first-order valence-corrected chi connectivity index (χ1v) is 9.02. The SMILES string of the molecule is CCOc1cc2c(cc1/C=C/C(=O)c1cccc(NC(C)=O)c1)O[C@H](C)C2. The maximum atomic E-state index is 12.5. The molecule has 0 fully saturated rings. The van der Waals surface area contributed by atoms with E-state index < -0.39 is 0 Å². The number of rotatable bonds is 6. The van der Waals surface area contributed by atoms with Gasteiger partial charge in [-0.1, -0.05) is 12.1 Å². The molecule has 0 spiro atoms. The van der Waals surface area contributed by atoms with Crippen molar-refractivity contribution in [1.82, 2.24) is 0 Å². The van der Waals surface area contributed by atoms with E-state index in [9.17, 15) is 9.59 Å². The second-order valence-electron chi connectivity index (χ2n) is 6.52. The molecular formula is C22H23NO4. The topological polar surface area (TPSA) is 64.6 Å². The molecule has 0 aliphatic carbocycles. The first-order valence-electron chi connectivity index (χ1n) is 9.02. The van der Waals surface area contributed by atoms with Crippen LogP contribution in [0.1, 0.15) is 42.3 Å². The van der Waals surface area contributed by atoms with E-state index >= 15 is 0 Å². The van der Waals surface area contributed by atoms with Crippen LogP contribution in [0, 0.1) is 0 Å². The maximum absolute atomic E-state index is 12.5. The van der Waals surface area contributed by atoms with Crippen LogP contribution in [-0.4, -0.2) is 24.4 Å². The third-order valence-electron chi connectivity index (χ3n) is 4.21. The Hall–Kier alpha value is -3.08. The van der Waals surface area contributed by atoms with E-state index in [1.807, 2.05) is 26.0 Å². The van der Waals surface area contributed by atoms with E-state index in [2.05, 4.69) is 5.32 Å². The van der Waals surface area contributed by atoms with Crippen molar-refractivity contribution >= 4 is 23.5 Å². The second kappa shape index (κ2) is 8.08. The lowest BCUT2D eigenvalue weighted by molar-refractivity contribution is -0.114. The Morgan fingerprint density at radius 2 is 2.11 bits per heavy atom. The molecule has 5 heteroatoms. The van der Waals surface area contributed by atoms with Gasteiger partial charge in [0.2, 0.25) is 5.91 Å². The molecule has 0 radical (unpaired) electrons. The molecule has 0 bridgehead atoms. The summed E-state index contributed by atoms with van der Waals surface area (Å²) in [5.41, 5.74) is 3.02. The van der Waals surface area contributed by atoms with E-state index in [0.29, 0.717) is 17.9 Å². The Morgan fingerprint density at radius 3 is 2.85 bits per heavy atom. The summed E-state index contributed by atoms with van der Waals surface area (Å²) in [4.78, 5) is 23.7. The lowest BCUT2D eigenvalue weighted by Crippen LogP contribution is -2.06. The zero-order chi connectivity index (χ0) is 19.4. The molecule has 1 amide bonds. The van der Waals surface area contributed by atoms with Crippen LogP contribution in [0.4, 0.5) is 5.69 Å². The predicted octanol–water partition coefficient (Wildman–Crippen LogP) is 4.26. The first-order chi connectivity index (χ1) is 13.0. The smallest absolute Gasteiger partial charge is 0.221 e. The van der Waals surface area contributed by atoms with Gasteiger partial charge in [0.25, 0.3) is 0 Å². The Bertz CT molecular complexity index is 901. The van der Waals surface area contributed by atoms with Gasteiger partial charge < -0.3 is 14.8 Å². The normalized spacial score (nSPS) is 15.3. The summed E-state index contributed by atoms with van der Waals surface area (Å²) in [7, 11) is 0. The molecule has 27 heavy (non-hydrogen) atoms. The van der Waals surface area contributed by atoms with Crippen LogP contribution in [0.5, 0.6) is 11.5 Å². The van der Waals surface area contributed by atoms with Crippen LogP contribution in [0.25, 0.3) is 6.08 Å². The molecule has 3 rings (SSSR count). The van der Waals surface area contributed by atoms with Crippen LogP contribution in [0.3, 0.4) is 0 Å². The molecule has 1 aliphatic rings. The number of ketones is 1. The Kier molecular flexibility index (Phi) is 5.60. The highest BCUT2D eigenvalue weighted by atomic mass is 16.5. The van der Waals surface area contributed by atoms with Gasteiger partial charge in [-0.2, -0.15) is 0 Å². The lowest BCUT2D eigenvalue weighted by atomic mass is 10.0. The van der Waals surface area contributed by atoms with Gasteiger partial charge in [-0.3, -0.25) is 9.59 Å². The average Bonchev–Trinajstić information content (AvgIpc) is 2.98. The van der Waals surface area contributed by atoms with Crippen LogP contribution in [0.15, 0.2) is 42.5 Å². The van der Waals surface area contributed by atoms with Gasteiger partial charge in [0, 0.05) is 35.7 Å². The summed E-state index contributed by atoms with van der Waals surface area (Å²) < 4.78 is 11.5. The number of hydrogen-bond acceptors (Lipinski definition) is 4. The van der Waals surface area contributed by atoms with E-state index in [1.54, 1.807) is 30.3 Å². The van der Waals surface area contributed by atoms with Crippen molar-refractivity contribution in [2.75, 3.05) is 11.9 Å². The highest BCUT2D eigenvalue weighted by Crippen LogP contribution is 2.35. The van der Waals surface area contributed by atoms with Crippen LogP contribution >= 0.6 is 0 Å². The van der Waals surface area contributed by atoms with Crippen LogP contribution < -0.4 is 14.8 Å². The minimum absolute atomic E-state index is 0.145. The van der Waals surface area contributed by atoms with E-state index in [1.165, 1.54) is 13.0 Å². The van der Waals surface area contributed by atoms with Gasteiger partial charge in [-0.25, -0.2) is 0 Å². The summed E-state index contributed by atoms with van der Waals surface area (Å²) in [6, 6.07) is 10.8. The molecule has 1 N–H and O–H groups in total. The third kappa shape index (κ3) is 4.56. The highest BCUT2D eigenvalue weighted by Gasteiger charge is 2.21. The monoisotopic (exact) mass is 365 g/mol. The summed E-state index contributed by atoms with van der Waals surface area (Å²) in [6.07, 6.45) is 4.25. The number of hydrogen-bond donors (Lipinski definition) is 1. The van der Waals surface area contributed by atoms with Crippen molar-refractivity contribution < 1.29 is 19.1 Å². The number of allylic oxidation sites excluding steroid dienone is 1.